The minimum Gasteiger partial charge on any atom is -0.482 e. The molecule has 0 N–H and O–H groups in total. The molecular weight excluding hydrogens is 224 g/mol. The fourth-order valence-electron chi connectivity index (χ4n) is 1.26. The van der Waals surface area contributed by atoms with E-state index in [1.165, 1.54) is 24.7 Å². The molecule has 0 radical (unpaired) electrons. The van der Waals surface area contributed by atoms with Gasteiger partial charge in [-0.05, 0) is 24.3 Å². The maximum atomic E-state index is 11.5. The summed E-state index contributed by atoms with van der Waals surface area (Å²) in [4.78, 5) is 23.0. The average Bonchev–Trinajstić information content (AvgIpc) is 2.40. The molecule has 88 valence electrons. The van der Waals surface area contributed by atoms with E-state index in [1.807, 2.05) is 0 Å². The molecule has 0 bridgehead atoms. The van der Waals surface area contributed by atoms with Crippen molar-refractivity contribution in [2.24, 2.45) is 0 Å². The van der Waals surface area contributed by atoms with Crippen LogP contribution >= 0.6 is 0 Å². The first kappa shape index (κ1) is 11.2. The van der Waals surface area contributed by atoms with E-state index >= 15 is 0 Å². The predicted octanol–water partition coefficient (Wildman–Crippen LogP) is 0.994. The van der Waals surface area contributed by atoms with E-state index in [9.17, 15) is 9.59 Å². The molecule has 0 aromatic heterocycles. The molecule has 0 fully saturated rings. The van der Waals surface area contributed by atoms with Crippen LogP contribution in [0.15, 0.2) is 49.0 Å². The fraction of sp³-hybridized carbons (Fsp3) is 0.167. The summed E-state index contributed by atoms with van der Waals surface area (Å²) in [6.45, 7) is 0. The van der Waals surface area contributed by atoms with Crippen LogP contribution in [0.3, 0.4) is 0 Å². The van der Waals surface area contributed by atoms with Gasteiger partial charge in [0.15, 0.2) is 0 Å². The van der Waals surface area contributed by atoms with Gasteiger partial charge in [0.2, 0.25) is 12.2 Å². The van der Waals surface area contributed by atoms with Crippen LogP contribution in [0.1, 0.15) is 0 Å². The van der Waals surface area contributed by atoms with E-state index in [0.29, 0.717) is 0 Å². The highest BCUT2D eigenvalue weighted by Gasteiger charge is 2.26. The van der Waals surface area contributed by atoms with Gasteiger partial charge in [-0.2, -0.15) is 0 Å². The molecule has 2 unspecified atom stereocenters. The first-order valence-corrected chi connectivity index (χ1v) is 5.00. The number of carbonyl (C=O) groups is 2. The first-order valence-electron chi connectivity index (χ1n) is 5.00. The molecular formula is C12H10O5. The highest BCUT2D eigenvalue weighted by Crippen LogP contribution is 2.08. The first-order chi connectivity index (χ1) is 8.27. The molecule has 2 aliphatic heterocycles. The Bertz CT molecular complexity index is 390. The third kappa shape index (κ3) is 2.84. The quantitative estimate of drug-likeness (QED) is 0.526. The Kier molecular flexibility index (Phi) is 3.40. The van der Waals surface area contributed by atoms with Crippen molar-refractivity contribution in [3.63, 3.8) is 0 Å². The van der Waals surface area contributed by atoms with Gasteiger partial charge in [0.1, 0.15) is 0 Å². The number of esters is 2. The second kappa shape index (κ2) is 5.16. The zero-order valence-electron chi connectivity index (χ0n) is 8.81. The summed E-state index contributed by atoms with van der Waals surface area (Å²) >= 11 is 0. The number of hydrogen-bond donors (Lipinski definition) is 0. The Hall–Kier alpha value is -2.30. The smallest absolute Gasteiger partial charge is 0.359 e. The van der Waals surface area contributed by atoms with Crippen LogP contribution in [0, 0.1) is 0 Å². The molecule has 5 nitrogen and oxygen atoms in total. The number of rotatable bonds is 2. The summed E-state index contributed by atoms with van der Waals surface area (Å²) in [5.41, 5.74) is 0. The number of carbonyl (C=O) groups excluding carboxylic acids is 2. The summed E-state index contributed by atoms with van der Waals surface area (Å²) in [7, 11) is 0. The Labute approximate surface area is 97.6 Å². The molecule has 2 heterocycles. The van der Waals surface area contributed by atoms with E-state index < -0.39 is 24.1 Å². The van der Waals surface area contributed by atoms with Gasteiger partial charge in [0.05, 0.1) is 12.5 Å². The lowest BCUT2D eigenvalue weighted by molar-refractivity contribution is -0.168. The summed E-state index contributed by atoms with van der Waals surface area (Å²) < 4.78 is 14.6. The lowest BCUT2D eigenvalue weighted by Crippen LogP contribution is -2.32. The zero-order valence-corrected chi connectivity index (χ0v) is 8.81. The van der Waals surface area contributed by atoms with E-state index in [2.05, 4.69) is 4.74 Å². The minimum atomic E-state index is -0.882. The van der Waals surface area contributed by atoms with Gasteiger partial charge in [0, 0.05) is 0 Å². The van der Waals surface area contributed by atoms with Crippen molar-refractivity contribution in [3.05, 3.63) is 49.0 Å². The average molecular weight is 234 g/mol. The van der Waals surface area contributed by atoms with Crippen molar-refractivity contribution < 1.29 is 23.8 Å². The second-order valence-corrected chi connectivity index (χ2v) is 3.28. The molecule has 0 aromatic carbocycles. The van der Waals surface area contributed by atoms with Crippen LogP contribution in [0.4, 0.5) is 0 Å². The molecule has 2 atom stereocenters. The molecule has 17 heavy (non-hydrogen) atoms. The summed E-state index contributed by atoms with van der Waals surface area (Å²) in [5.74, 6) is -1.52. The van der Waals surface area contributed by atoms with Crippen molar-refractivity contribution >= 4 is 11.9 Å². The summed E-state index contributed by atoms with van der Waals surface area (Å²) in [6.07, 6.45) is 10.5. The van der Waals surface area contributed by atoms with Crippen molar-refractivity contribution in [2.45, 2.75) is 12.2 Å². The summed E-state index contributed by atoms with van der Waals surface area (Å²) in [6, 6.07) is 0. The molecule has 2 rings (SSSR count). The third-order valence-corrected chi connectivity index (χ3v) is 2.07. The van der Waals surface area contributed by atoms with Gasteiger partial charge in [-0.1, -0.05) is 12.2 Å². The maximum absolute atomic E-state index is 11.5. The van der Waals surface area contributed by atoms with Crippen LogP contribution < -0.4 is 0 Å². The molecule has 0 spiro atoms. The zero-order chi connectivity index (χ0) is 12.1. The monoisotopic (exact) mass is 234 g/mol. The Morgan fingerprint density at radius 2 is 1.29 bits per heavy atom. The lowest BCUT2D eigenvalue weighted by Gasteiger charge is -2.16. The van der Waals surface area contributed by atoms with Crippen molar-refractivity contribution in [1.29, 1.82) is 0 Å². The van der Waals surface area contributed by atoms with E-state index in [0.717, 1.165) is 0 Å². The predicted molar refractivity (Wildman–Crippen MR) is 57.4 cm³/mol. The van der Waals surface area contributed by atoms with E-state index in [-0.39, 0.29) is 0 Å². The standard InChI is InChI=1S/C12H10O5/c13-11(9-5-1-3-7-15-9)17-12(14)10-6-2-4-8-16-10/h1-10H. The van der Waals surface area contributed by atoms with Crippen LogP contribution in [0.2, 0.25) is 0 Å². The van der Waals surface area contributed by atoms with Crippen molar-refractivity contribution in [2.75, 3.05) is 0 Å². The Morgan fingerprint density at radius 3 is 1.65 bits per heavy atom. The van der Waals surface area contributed by atoms with Crippen molar-refractivity contribution in [1.82, 2.24) is 0 Å². The van der Waals surface area contributed by atoms with Crippen molar-refractivity contribution in [3.8, 4) is 0 Å². The molecule has 0 amide bonds. The maximum Gasteiger partial charge on any atom is 0.359 e. The molecule has 0 aromatic rings. The summed E-state index contributed by atoms with van der Waals surface area (Å²) in [5, 5.41) is 0. The van der Waals surface area contributed by atoms with Crippen LogP contribution in [-0.4, -0.2) is 24.1 Å². The van der Waals surface area contributed by atoms with Crippen LogP contribution in [0.5, 0.6) is 0 Å². The molecule has 0 aliphatic carbocycles. The highest BCUT2D eigenvalue weighted by molar-refractivity contribution is 5.92. The van der Waals surface area contributed by atoms with Gasteiger partial charge >= 0.3 is 11.9 Å². The molecule has 2 aliphatic rings. The fourth-order valence-corrected chi connectivity index (χ4v) is 1.26. The minimum absolute atomic E-state index is 0.762. The van der Waals surface area contributed by atoms with Gasteiger partial charge in [-0.25, -0.2) is 9.59 Å². The van der Waals surface area contributed by atoms with Gasteiger partial charge in [-0.3, -0.25) is 0 Å². The van der Waals surface area contributed by atoms with Crippen LogP contribution in [-0.2, 0) is 23.8 Å². The highest BCUT2D eigenvalue weighted by atomic mass is 16.6. The topological polar surface area (TPSA) is 61.8 Å². The van der Waals surface area contributed by atoms with Gasteiger partial charge < -0.3 is 14.2 Å². The molecule has 0 saturated carbocycles. The second-order valence-electron chi connectivity index (χ2n) is 3.28. The number of hydrogen-bond acceptors (Lipinski definition) is 5. The lowest BCUT2D eigenvalue weighted by atomic mass is 10.2. The van der Waals surface area contributed by atoms with Gasteiger partial charge in [0.25, 0.3) is 0 Å². The Balaban J connectivity index is 1.88. The largest absolute Gasteiger partial charge is 0.482 e. The Morgan fingerprint density at radius 1 is 0.824 bits per heavy atom. The molecule has 0 saturated heterocycles. The third-order valence-electron chi connectivity index (χ3n) is 2.07. The normalized spacial score (nSPS) is 24.9. The number of allylic oxidation sites excluding steroid dienone is 4. The van der Waals surface area contributed by atoms with Gasteiger partial charge in [-0.15, -0.1) is 0 Å². The van der Waals surface area contributed by atoms with E-state index in [1.54, 1.807) is 24.3 Å². The molecule has 5 heteroatoms. The van der Waals surface area contributed by atoms with E-state index in [4.69, 9.17) is 9.47 Å². The van der Waals surface area contributed by atoms with Crippen LogP contribution in [0.25, 0.3) is 0 Å². The number of ether oxygens (including phenoxy) is 3. The SMILES string of the molecule is O=C(OC(=O)C1C=CC=CO1)C1C=CC=CO1.